The molecule has 0 aromatic heterocycles. The van der Waals surface area contributed by atoms with Crippen LogP contribution in [-0.4, -0.2) is 54.8 Å². The topological polar surface area (TPSA) is 43.4 Å². The number of alkyl halides is 2. The summed E-state index contributed by atoms with van der Waals surface area (Å²) >= 11 is 0. The van der Waals surface area contributed by atoms with E-state index in [1.165, 1.54) is 0 Å². The van der Waals surface area contributed by atoms with Crippen LogP contribution in [0.2, 0.25) is 0 Å². The molecule has 0 spiro atoms. The van der Waals surface area contributed by atoms with Crippen molar-refractivity contribution in [3.05, 3.63) is 0 Å². The zero-order chi connectivity index (χ0) is 7.28. The SMILES string of the molecule is O=C(CF)OC(=O)CF.[NaH]. The van der Waals surface area contributed by atoms with Crippen molar-refractivity contribution in [2.24, 2.45) is 0 Å². The van der Waals surface area contributed by atoms with Crippen molar-refractivity contribution in [1.29, 1.82) is 0 Å². The molecule has 0 unspecified atom stereocenters. The van der Waals surface area contributed by atoms with Crippen LogP contribution in [0.1, 0.15) is 0 Å². The first kappa shape index (κ1) is 12.7. The Bertz CT molecular complexity index is 114. The maximum atomic E-state index is 11.1. The molecule has 0 amide bonds. The van der Waals surface area contributed by atoms with E-state index in [0.29, 0.717) is 0 Å². The number of halogens is 2. The Kier molecular flexibility index (Phi) is 9.00. The Balaban J connectivity index is 0. The molecule has 0 N–H and O–H groups in total. The van der Waals surface area contributed by atoms with E-state index in [-0.39, 0.29) is 29.6 Å². The molecule has 0 aromatic carbocycles. The van der Waals surface area contributed by atoms with Crippen LogP contribution in [-0.2, 0) is 14.3 Å². The minimum atomic E-state index is -1.41. The molecule has 0 aromatic rings. The Morgan fingerprint density at radius 3 is 1.60 bits per heavy atom. The van der Waals surface area contributed by atoms with Crippen LogP contribution in [0, 0.1) is 0 Å². The van der Waals surface area contributed by atoms with E-state index in [1.54, 1.807) is 0 Å². The third-order valence-electron chi connectivity index (χ3n) is 0.446. The predicted molar refractivity (Wildman–Crippen MR) is 30.2 cm³/mol. The number of carbonyl (C=O) groups is 2. The van der Waals surface area contributed by atoms with Crippen LogP contribution in [0.15, 0.2) is 0 Å². The van der Waals surface area contributed by atoms with Crippen molar-refractivity contribution < 1.29 is 23.1 Å². The molecule has 0 fully saturated rings. The van der Waals surface area contributed by atoms with Gasteiger partial charge in [0.05, 0.1) is 0 Å². The van der Waals surface area contributed by atoms with E-state index >= 15 is 0 Å². The van der Waals surface area contributed by atoms with Crippen molar-refractivity contribution in [2.45, 2.75) is 0 Å². The van der Waals surface area contributed by atoms with Gasteiger partial charge in [0.1, 0.15) is 0 Å². The number of hydrogen-bond donors (Lipinski definition) is 0. The molecule has 6 heteroatoms. The normalized spacial score (nSPS) is 7.80. The Morgan fingerprint density at radius 2 is 1.40 bits per heavy atom. The fourth-order valence-corrected chi connectivity index (χ4v) is 0.182. The number of hydrogen-bond acceptors (Lipinski definition) is 3. The molecule has 3 nitrogen and oxygen atoms in total. The molecular formula is C4H5F2NaO3. The average molecular weight is 162 g/mol. The van der Waals surface area contributed by atoms with Gasteiger partial charge in [-0.3, -0.25) is 0 Å². The third kappa shape index (κ3) is 6.12. The zero-order valence-corrected chi connectivity index (χ0v) is 4.39. The fraction of sp³-hybridized carbons (Fsp3) is 0.500. The predicted octanol–water partition coefficient (Wildman–Crippen LogP) is -0.653. The van der Waals surface area contributed by atoms with Gasteiger partial charge in [-0.1, -0.05) is 0 Å². The van der Waals surface area contributed by atoms with Crippen LogP contribution >= 0.6 is 0 Å². The zero-order valence-electron chi connectivity index (χ0n) is 4.39. The van der Waals surface area contributed by atoms with Gasteiger partial charge < -0.3 is 4.74 Å². The van der Waals surface area contributed by atoms with Gasteiger partial charge in [-0.2, -0.15) is 0 Å². The van der Waals surface area contributed by atoms with Crippen LogP contribution < -0.4 is 0 Å². The van der Waals surface area contributed by atoms with E-state index in [2.05, 4.69) is 4.74 Å². The molecule has 0 aliphatic heterocycles. The molecule has 0 saturated heterocycles. The van der Waals surface area contributed by atoms with Crippen molar-refractivity contribution >= 4 is 41.5 Å². The van der Waals surface area contributed by atoms with Gasteiger partial charge in [0, 0.05) is 0 Å². The van der Waals surface area contributed by atoms with Crippen LogP contribution in [0.5, 0.6) is 0 Å². The van der Waals surface area contributed by atoms with E-state index < -0.39 is 25.3 Å². The Morgan fingerprint density at radius 1 is 1.10 bits per heavy atom. The van der Waals surface area contributed by atoms with Gasteiger partial charge in [0.25, 0.3) is 0 Å². The molecule has 0 atom stereocenters. The van der Waals surface area contributed by atoms with Crippen LogP contribution in [0.25, 0.3) is 0 Å². The Labute approximate surface area is 78.0 Å². The first-order valence-corrected chi connectivity index (χ1v) is 2.06. The molecular weight excluding hydrogens is 157 g/mol. The molecule has 0 aliphatic rings. The van der Waals surface area contributed by atoms with E-state index in [9.17, 15) is 18.4 Å². The van der Waals surface area contributed by atoms with Crippen LogP contribution in [0.3, 0.4) is 0 Å². The number of carbonyl (C=O) groups excluding carboxylic acids is 2. The average Bonchev–Trinajstić information content (AvgIpc) is 1.87. The monoisotopic (exact) mass is 162 g/mol. The summed E-state index contributed by atoms with van der Waals surface area (Å²) in [5, 5.41) is 0. The summed E-state index contributed by atoms with van der Waals surface area (Å²) in [6.45, 7) is -2.82. The summed E-state index contributed by atoms with van der Waals surface area (Å²) in [6.07, 6.45) is 0. The van der Waals surface area contributed by atoms with E-state index in [0.717, 1.165) is 0 Å². The third-order valence-corrected chi connectivity index (χ3v) is 0.446. The summed E-state index contributed by atoms with van der Waals surface area (Å²) in [5.74, 6) is -2.73. The molecule has 10 heavy (non-hydrogen) atoms. The number of esters is 2. The molecule has 0 heterocycles. The summed E-state index contributed by atoms with van der Waals surface area (Å²) in [4.78, 5) is 19.6. The number of rotatable bonds is 2. The summed E-state index contributed by atoms with van der Waals surface area (Å²) in [7, 11) is 0. The van der Waals surface area contributed by atoms with Gasteiger partial charge in [-0.15, -0.1) is 0 Å². The molecule has 0 saturated carbocycles. The second-order valence-electron chi connectivity index (χ2n) is 1.11. The van der Waals surface area contributed by atoms with E-state index in [1.807, 2.05) is 0 Å². The second kappa shape index (κ2) is 7.11. The molecule has 54 valence electrons. The second-order valence-corrected chi connectivity index (χ2v) is 1.11. The van der Waals surface area contributed by atoms with Gasteiger partial charge in [-0.05, 0) is 0 Å². The van der Waals surface area contributed by atoms with Crippen molar-refractivity contribution in [3.63, 3.8) is 0 Å². The van der Waals surface area contributed by atoms with Crippen molar-refractivity contribution in [3.8, 4) is 0 Å². The standard InChI is InChI=1S/C4H4F2O3.Na.H/c5-1-3(7)9-4(8)2-6;;/h1-2H2;;. The molecule has 0 bridgehead atoms. The molecule has 0 rings (SSSR count). The van der Waals surface area contributed by atoms with Crippen LogP contribution in [0.4, 0.5) is 8.78 Å². The fourth-order valence-electron chi connectivity index (χ4n) is 0.182. The van der Waals surface area contributed by atoms with Gasteiger partial charge >= 0.3 is 41.5 Å². The van der Waals surface area contributed by atoms with E-state index in [4.69, 9.17) is 0 Å². The van der Waals surface area contributed by atoms with Gasteiger partial charge in [0.15, 0.2) is 13.3 Å². The van der Waals surface area contributed by atoms with Crippen molar-refractivity contribution in [1.82, 2.24) is 0 Å². The summed E-state index contributed by atoms with van der Waals surface area (Å²) < 4.78 is 25.8. The summed E-state index contributed by atoms with van der Waals surface area (Å²) in [5.41, 5.74) is 0. The first-order chi connectivity index (χ1) is 4.20. The first-order valence-electron chi connectivity index (χ1n) is 2.06. The Hall–Kier alpha value is -0.000000000000000222. The quantitative estimate of drug-likeness (QED) is 0.308. The van der Waals surface area contributed by atoms with Crippen molar-refractivity contribution in [2.75, 3.05) is 13.3 Å². The maximum absolute atomic E-state index is 11.1. The minimum absolute atomic E-state index is 0. The van der Waals surface area contributed by atoms with Gasteiger partial charge in [-0.25, -0.2) is 18.4 Å². The van der Waals surface area contributed by atoms with Gasteiger partial charge in [0.2, 0.25) is 0 Å². The molecule has 0 aliphatic carbocycles. The molecule has 0 radical (unpaired) electrons. The number of ether oxygens (including phenoxy) is 1. The summed E-state index contributed by atoms with van der Waals surface area (Å²) in [6, 6.07) is 0.